The topological polar surface area (TPSA) is 31.0 Å². The van der Waals surface area contributed by atoms with E-state index in [1.807, 2.05) is 29.8 Å². The van der Waals surface area contributed by atoms with Crippen molar-refractivity contribution >= 4 is 10.9 Å². The summed E-state index contributed by atoms with van der Waals surface area (Å²) in [5.41, 5.74) is 1.70. The SMILES string of the molecule is Cc1cc(Cn2ccc3ccc(F)cc32)no1. The third-order valence-corrected chi connectivity index (χ3v) is 2.75. The lowest BCUT2D eigenvalue weighted by molar-refractivity contribution is 0.389. The second-order valence-corrected chi connectivity index (χ2v) is 4.08. The molecule has 0 saturated heterocycles. The van der Waals surface area contributed by atoms with Crippen LogP contribution in [0, 0.1) is 12.7 Å². The first-order valence-corrected chi connectivity index (χ1v) is 5.39. The summed E-state index contributed by atoms with van der Waals surface area (Å²) in [5, 5.41) is 4.95. The molecule has 0 unspecified atom stereocenters. The van der Waals surface area contributed by atoms with E-state index in [0.29, 0.717) is 6.54 Å². The predicted octanol–water partition coefficient (Wildman–Crippen LogP) is 3.13. The highest BCUT2D eigenvalue weighted by Gasteiger charge is 2.05. The molecule has 0 aliphatic carbocycles. The summed E-state index contributed by atoms with van der Waals surface area (Å²) in [5.74, 6) is 0.552. The first kappa shape index (κ1) is 10.1. The second-order valence-electron chi connectivity index (χ2n) is 4.08. The molecule has 1 aromatic carbocycles. The van der Waals surface area contributed by atoms with Gasteiger partial charge >= 0.3 is 0 Å². The molecule has 0 bridgehead atoms. The average Bonchev–Trinajstić information content (AvgIpc) is 2.87. The maximum atomic E-state index is 13.2. The molecule has 17 heavy (non-hydrogen) atoms. The van der Waals surface area contributed by atoms with Crippen molar-refractivity contribution in [3.8, 4) is 0 Å². The molecule has 86 valence electrons. The van der Waals surface area contributed by atoms with Gasteiger partial charge in [-0.2, -0.15) is 0 Å². The molecular weight excluding hydrogens is 219 g/mol. The predicted molar refractivity (Wildman–Crippen MR) is 62.2 cm³/mol. The van der Waals surface area contributed by atoms with Gasteiger partial charge in [0, 0.05) is 12.3 Å². The number of benzene rings is 1. The van der Waals surface area contributed by atoms with Crippen LogP contribution >= 0.6 is 0 Å². The number of halogens is 1. The van der Waals surface area contributed by atoms with Crippen LogP contribution in [0.5, 0.6) is 0 Å². The van der Waals surface area contributed by atoms with Crippen molar-refractivity contribution < 1.29 is 8.91 Å². The molecule has 0 aliphatic heterocycles. The van der Waals surface area contributed by atoms with Gasteiger partial charge in [0.2, 0.25) is 0 Å². The lowest BCUT2D eigenvalue weighted by Crippen LogP contribution is -1.97. The largest absolute Gasteiger partial charge is 0.361 e. The maximum Gasteiger partial charge on any atom is 0.133 e. The van der Waals surface area contributed by atoms with E-state index in [2.05, 4.69) is 5.16 Å². The zero-order chi connectivity index (χ0) is 11.8. The average molecular weight is 230 g/mol. The number of aromatic nitrogens is 2. The third-order valence-electron chi connectivity index (χ3n) is 2.75. The lowest BCUT2D eigenvalue weighted by Gasteiger charge is -2.02. The molecule has 0 aliphatic rings. The van der Waals surface area contributed by atoms with Gasteiger partial charge in [0.05, 0.1) is 12.1 Å². The van der Waals surface area contributed by atoms with Crippen LogP contribution in [0.3, 0.4) is 0 Å². The molecule has 4 heteroatoms. The van der Waals surface area contributed by atoms with Crippen molar-refractivity contribution in [1.29, 1.82) is 0 Å². The fourth-order valence-electron chi connectivity index (χ4n) is 1.96. The Kier molecular flexibility index (Phi) is 2.21. The van der Waals surface area contributed by atoms with Gasteiger partial charge in [0.1, 0.15) is 17.3 Å². The molecule has 0 fully saturated rings. The van der Waals surface area contributed by atoms with Gasteiger partial charge in [-0.1, -0.05) is 5.16 Å². The first-order chi connectivity index (χ1) is 8.22. The van der Waals surface area contributed by atoms with Crippen LogP contribution in [0.25, 0.3) is 10.9 Å². The minimum Gasteiger partial charge on any atom is -0.361 e. The van der Waals surface area contributed by atoms with Crippen LogP contribution in [0.2, 0.25) is 0 Å². The maximum absolute atomic E-state index is 13.2. The van der Waals surface area contributed by atoms with Gasteiger partial charge in [-0.05, 0) is 36.6 Å². The van der Waals surface area contributed by atoms with E-state index in [-0.39, 0.29) is 5.82 Å². The Hall–Kier alpha value is -2.10. The molecule has 0 saturated carbocycles. The first-order valence-electron chi connectivity index (χ1n) is 5.39. The van der Waals surface area contributed by atoms with Crippen LogP contribution in [-0.4, -0.2) is 9.72 Å². The van der Waals surface area contributed by atoms with Crippen LogP contribution in [0.1, 0.15) is 11.5 Å². The van der Waals surface area contributed by atoms with E-state index >= 15 is 0 Å². The number of fused-ring (bicyclic) bond motifs is 1. The van der Waals surface area contributed by atoms with E-state index in [9.17, 15) is 4.39 Å². The number of hydrogen-bond acceptors (Lipinski definition) is 2. The summed E-state index contributed by atoms with van der Waals surface area (Å²) in [6.45, 7) is 2.44. The standard InChI is InChI=1S/C13H11FN2O/c1-9-6-12(15-17-9)8-16-5-4-10-2-3-11(14)7-13(10)16/h2-7H,8H2,1H3. The van der Waals surface area contributed by atoms with Crippen molar-refractivity contribution in [2.75, 3.05) is 0 Å². The Labute approximate surface area is 97.5 Å². The lowest BCUT2D eigenvalue weighted by atomic mass is 10.2. The summed E-state index contributed by atoms with van der Waals surface area (Å²) < 4.78 is 20.2. The molecule has 3 rings (SSSR count). The zero-order valence-corrected chi connectivity index (χ0v) is 9.35. The Balaban J connectivity index is 2.03. The molecule has 0 N–H and O–H groups in total. The number of rotatable bonds is 2. The van der Waals surface area contributed by atoms with Crippen LogP contribution in [0.15, 0.2) is 41.1 Å². The minimum absolute atomic E-state index is 0.228. The Morgan fingerprint density at radius 2 is 2.18 bits per heavy atom. The fraction of sp³-hybridized carbons (Fsp3) is 0.154. The van der Waals surface area contributed by atoms with Crippen molar-refractivity contribution in [2.45, 2.75) is 13.5 Å². The van der Waals surface area contributed by atoms with Crippen molar-refractivity contribution in [3.63, 3.8) is 0 Å². The zero-order valence-electron chi connectivity index (χ0n) is 9.35. The molecule has 0 atom stereocenters. The van der Waals surface area contributed by atoms with Gasteiger partial charge < -0.3 is 9.09 Å². The van der Waals surface area contributed by atoms with Gasteiger partial charge in [0.25, 0.3) is 0 Å². The van der Waals surface area contributed by atoms with E-state index in [0.717, 1.165) is 22.4 Å². The molecule has 3 aromatic rings. The van der Waals surface area contributed by atoms with Gasteiger partial charge in [-0.15, -0.1) is 0 Å². The minimum atomic E-state index is -0.228. The number of aryl methyl sites for hydroxylation is 1. The number of nitrogens with zero attached hydrogens (tertiary/aromatic N) is 2. The van der Waals surface area contributed by atoms with Gasteiger partial charge in [-0.25, -0.2) is 4.39 Å². The molecule has 0 radical (unpaired) electrons. The summed E-state index contributed by atoms with van der Waals surface area (Å²) in [6.07, 6.45) is 1.92. The monoisotopic (exact) mass is 230 g/mol. The second kappa shape index (κ2) is 3.73. The van der Waals surface area contributed by atoms with Crippen molar-refractivity contribution in [2.24, 2.45) is 0 Å². The summed E-state index contributed by atoms with van der Waals surface area (Å²) in [6, 6.07) is 8.61. The van der Waals surface area contributed by atoms with Crippen molar-refractivity contribution in [3.05, 3.63) is 53.8 Å². The number of hydrogen-bond donors (Lipinski definition) is 0. The van der Waals surface area contributed by atoms with E-state index in [4.69, 9.17) is 4.52 Å². The molecule has 0 amide bonds. The van der Waals surface area contributed by atoms with Crippen LogP contribution in [0.4, 0.5) is 4.39 Å². The summed E-state index contributed by atoms with van der Waals surface area (Å²) in [7, 11) is 0. The van der Waals surface area contributed by atoms with E-state index in [1.54, 1.807) is 6.07 Å². The van der Waals surface area contributed by atoms with Crippen LogP contribution < -0.4 is 0 Å². The molecule has 3 nitrogen and oxygen atoms in total. The third kappa shape index (κ3) is 1.82. The normalized spacial score (nSPS) is 11.2. The molecular formula is C13H11FN2O. The Bertz CT molecular complexity index is 669. The summed E-state index contributed by atoms with van der Waals surface area (Å²) >= 11 is 0. The van der Waals surface area contributed by atoms with Crippen molar-refractivity contribution in [1.82, 2.24) is 9.72 Å². The highest BCUT2D eigenvalue weighted by Crippen LogP contribution is 2.18. The molecule has 2 heterocycles. The molecule has 2 aromatic heterocycles. The molecule has 0 spiro atoms. The highest BCUT2D eigenvalue weighted by molar-refractivity contribution is 5.80. The van der Waals surface area contributed by atoms with E-state index in [1.165, 1.54) is 12.1 Å². The van der Waals surface area contributed by atoms with E-state index < -0.39 is 0 Å². The smallest absolute Gasteiger partial charge is 0.133 e. The quantitative estimate of drug-likeness (QED) is 0.677. The Morgan fingerprint density at radius 1 is 1.29 bits per heavy atom. The fourth-order valence-corrected chi connectivity index (χ4v) is 1.96. The van der Waals surface area contributed by atoms with Gasteiger partial charge in [-0.3, -0.25) is 0 Å². The van der Waals surface area contributed by atoms with Crippen LogP contribution in [-0.2, 0) is 6.54 Å². The summed E-state index contributed by atoms with van der Waals surface area (Å²) in [4.78, 5) is 0. The Morgan fingerprint density at radius 3 is 2.94 bits per heavy atom. The highest BCUT2D eigenvalue weighted by atomic mass is 19.1. The van der Waals surface area contributed by atoms with Gasteiger partial charge in [0.15, 0.2) is 0 Å².